The first kappa shape index (κ1) is 16.0. The summed E-state index contributed by atoms with van der Waals surface area (Å²) in [5.41, 5.74) is 4.52. The third kappa shape index (κ3) is 4.32. The van der Waals surface area contributed by atoms with Gasteiger partial charge in [0.1, 0.15) is 6.10 Å². The van der Waals surface area contributed by atoms with Crippen molar-refractivity contribution in [2.24, 2.45) is 0 Å². The molecule has 2 rings (SSSR count). The zero-order chi connectivity index (χ0) is 15.9. The van der Waals surface area contributed by atoms with Gasteiger partial charge in [0.2, 0.25) is 5.91 Å². The number of rotatable bonds is 6. The fraction of sp³-hybridized carbons (Fsp3) is 0.353. The van der Waals surface area contributed by atoms with Crippen molar-refractivity contribution in [2.75, 3.05) is 6.61 Å². The molecule has 1 fully saturated rings. The number of nitrogens with one attached hydrogen (secondary N) is 1. The molecule has 0 spiro atoms. The molecule has 1 saturated heterocycles. The highest BCUT2D eigenvalue weighted by molar-refractivity contribution is 5.81. The maximum Gasteiger partial charge on any atom is 0.303 e. The first-order valence-corrected chi connectivity index (χ1v) is 7.07. The number of hydrogen-bond donors (Lipinski definition) is 1. The van der Waals surface area contributed by atoms with Gasteiger partial charge in [-0.2, -0.15) is 0 Å². The van der Waals surface area contributed by atoms with Gasteiger partial charge in [-0.3, -0.25) is 9.59 Å². The summed E-state index contributed by atoms with van der Waals surface area (Å²) in [6.45, 7) is 5.67. The summed E-state index contributed by atoms with van der Waals surface area (Å²) >= 11 is 0. The van der Waals surface area contributed by atoms with E-state index in [2.05, 4.69) is 17.6 Å². The van der Waals surface area contributed by atoms with E-state index in [-0.39, 0.29) is 18.9 Å². The molecule has 5 heteroatoms. The third-order valence-corrected chi connectivity index (χ3v) is 3.36. The summed E-state index contributed by atoms with van der Waals surface area (Å²) in [5.74, 6) is -0.577. The first-order valence-electron chi connectivity index (χ1n) is 7.07. The molecule has 0 aliphatic carbocycles. The molecule has 1 aliphatic rings. The van der Waals surface area contributed by atoms with E-state index in [1.807, 2.05) is 30.3 Å². The van der Waals surface area contributed by atoms with E-state index >= 15 is 0 Å². The van der Waals surface area contributed by atoms with Gasteiger partial charge in [-0.25, -0.2) is 0 Å². The van der Waals surface area contributed by atoms with Crippen LogP contribution in [0.5, 0.6) is 0 Å². The van der Waals surface area contributed by atoms with Gasteiger partial charge in [-0.1, -0.05) is 36.9 Å². The average Bonchev–Trinajstić information content (AvgIpc) is 2.84. The molecule has 0 saturated carbocycles. The number of benzene rings is 1. The quantitative estimate of drug-likeness (QED) is 0.642. The Bertz CT molecular complexity index is 590. The smallest absolute Gasteiger partial charge is 0.303 e. The van der Waals surface area contributed by atoms with Gasteiger partial charge in [-0.15, -0.1) is 5.73 Å². The topological polar surface area (TPSA) is 64.6 Å². The van der Waals surface area contributed by atoms with Crippen LogP contribution >= 0.6 is 0 Å². The molecule has 1 N–H and O–H groups in total. The SMILES string of the molecule is C=C=C(COCc1ccccc1)[C@H]1NC(=O)C[C@@H]1OC(C)=O. The third-order valence-electron chi connectivity index (χ3n) is 3.36. The van der Waals surface area contributed by atoms with Crippen LogP contribution in [0, 0.1) is 0 Å². The lowest BCUT2D eigenvalue weighted by atomic mass is 10.0. The molecule has 1 aromatic rings. The van der Waals surface area contributed by atoms with Crippen molar-refractivity contribution in [3.63, 3.8) is 0 Å². The predicted octanol–water partition coefficient (Wildman–Crippen LogP) is 1.73. The largest absolute Gasteiger partial charge is 0.459 e. The number of esters is 1. The van der Waals surface area contributed by atoms with E-state index in [0.717, 1.165) is 5.56 Å². The molecule has 22 heavy (non-hydrogen) atoms. The van der Waals surface area contributed by atoms with Crippen molar-refractivity contribution in [1.82, 2.24) is 5.32 Å². The molecule has 1 aliphatic heterocycles. The number of hydrogen-bond acceptors (Lipinski definition) is 4. The first-order chi connectivity index (χ1) is 10.6. The molecule has 0 radical (unpaired) electrons. The van der Waals surface area contributed by atoms with Crippen LogP contribution in [0.3, 0.4) is 0 Å². The van der Waals surface area contributed by atoms with Crippen molar-refractivity contribution < 1.29 is 19.1 Å². The number of amides is 1. The maximum absolute atomic E-state index is 11.6. The van der Waals surface area contributed by atoms with Crippen molar-refractivity contribution in [1.29, 1.82) is 0 Å². The lowest BCUT2D eigenvalue weighted by Gasteiger charge is -2.20. The summed E-state index contributed by atoms with van der Waals surface area (Å²) < 4.78 is 10.8. The fourth-order valence-corrected chi connectivity index (χ4v) is 2.36. The Hall–Kier alpha value is -2.36. The average molecular weight is 301 g/mol. The van der Waals surface area contributed by atoms with E-state index < -0.39 is 18.1 Å². The second-order valence-electron chi connectivity index (χ2n) is 5.08. The number of ether oxygens (including phenoxy) is 2. The summed E-state index contributed by atoms with van der Waals surface area (Å²) in [5, 5.41) is 2.77. The molecule has 0 unspecified atom stereocenters. The van der Waals surface area contributed by atoms with Gasteiger partial charge in [0.05, 0.1) is 25.7 Å². The van der Waals surface area contributed by atoms with Crippen LogP contribution in [0.15, 0.2) is 48.2 Å². The van der Waals surface area contributed by atoms with E-state index in [1.54, 1.807) is 0 Å². The Kier molecular flexibility index (Phi) is 5.53. The number of carbonyl (C=O) groups is 2. The molecule has 0 aromatic heterocycles. The lowest BCUT2D eigenvalue weighted by molar-refractivity contribution is -0.146. The van der Waals surface area contributed by atoms with Gasteiger partial charge in [-0.05, 0) is 5.56 Å². The van der Waals surface area contributed by atoms with Gasteiger partial charge in [0.15, 0.2) is 0 Å². The minimum absolute atomic E-state index is 0.147. The van der Waals surface area contributed by atoms with Crippen molar-refractivity contribution >= 4 is 11.9 Å². The van der Waals surface area contributed by atoms with Gasteiger partial charge >= 0.3 is 5.97 Å². The van der Waals surface area contributed by atoms with Crippen LogP contribution in [0.2, 0.25) is 0 Å². The Morgan fingerprint density at radius 2 is 2.14 bits per heavy atom. The van der Waals surface area contributed by atoms with Crippen molar-refractivity contribution in [3.05, 3.63) is 53.8 Å². The molecular weight excluding hydrogens is 282 g/mol. The van der Waals surface area contributed by atoms with E-state index in [1.165, 1.54) is 6.92 Å². The maximum atomic E-state index is 11.6. The standard InChI is InChI=1S/C17H19NO4/c1-3-14(11-21-10-13-7-5-4-6-8-13)17-15(22-12(2)19)9-16(20)18-17/h4-8,15,17H,1,9-11H2,2H3,(H,18,20)/t15-,17+/m0/s1. The van der Waals surface area contributed by atoms with E-state index in [9.17, 15) is 9.59 Å². The number of carbonyl (C=O) groups excluding carboxylic acids is 2. The van der Waals surface area contributed by atoms with Crippen LogP contribution in [0.4, 0.5) is 0 Å². The highest BCUT2D eigenvalue weighted by atomic mass is 16.5. The highest BCUT2D eigenvalue weighted by Gasteiger charge is 2.37. The normalized spacial score (nSPS) is 20.1. The second kappa shape index (κ2) is 7.59. The zero-order valence-corrected chi connectivity index (χ0v) is 12.5. The van der Waals surface area contributed by atoms with Gasteiger partial charge in [0, 0.05) is 12.5 Å². The zero-order valence-electron chi connectivity index (χ0n) is 12.5. The molecule has 1 amide bonds. The minimum atomic E-state index is -0.533. The second-order valence-corrected chi connectivity index (χ2v) is 5.08. The molecular formula is C17H19NO4. The molecule has 1 aromatic carbocycles. The monoisotopic (exact) mass is 301 g/mol. The molecule has 2 atom stereocenters. The van der Waals surface area contributed by atoms with E-state index in [4.69, 9.17) is 9.47 Å². The van der Waals surface area contributed by atoms with Crippen LogP contribution in [-0.4, -0.2) is 30.6 Å². The summed E-state index contributed by atoms with van der Waals surface area (Å²) in [4.78, 5) is 22.7. The van der Waals surface area contributed by atoms with E-state index in [0.29, 0.717) is 12.2 Å². The van der Waals surface area contributed by atoms with Gasteiger partial charge in [0.25, 0.3) is 0 Å². The fourth-order valence-electron chi connectivity index (χ4n) is 2.36. The highest BCUT2D eigenvalue weighted by Crippen LogP contribution is 2.19. The van der Waals surface area contributed by atoms with Crippen LogP contribution in [-0.2, 0) is 25.7 Å². The lowest BCUT2D eigenvalue weighted by Crippen LogP contribution is -2.37. The molecule has 1 heterocycles. The minimum Gasteiger partial charge on any atom is -0.459 e. The van der Waals surface area contributed by atoms with Crippen molar-refractivity contribution in [3.8, 4) is 0 Å². The van der Waals surface area contributed by atoms with Crippen LogP contribution in [0.1, 0.15) is 18.9 Å². The Labute approximate surface area is 129 Å². The van der Waals surface area contributed by atoms with Gasteiger partial charge < -0.3 is 14.8 Å². The van der Waals surface area contributed by atoms with Crippen molar-refractivity contribution in [2.45, 2.75) is 32.1 Å². The predicted molar refractivity (Wildman–Crippen MR) is 80.9 cm³/mol. The summed E-state index contributed by atoms with van der Waals surface area (Å²) in [6, 6.07) is 9.33. The van der Waals surface area contributed by atoms with Crippen LogP contribution < -0.4 is 5.32 Å². The Morgan fingerprint density at radius 3 is 2.77 bits per heavy atom. The molecule has 0 bridgehead atoms. The molecule has 116 valence electrons. The summed E-state index contributed by atoms with van der Waals surface area (Å²) in [6.07, 6.45) is -0.386. The Balaban J connectivity index is 1.94. The van der Waals surface area contributed by atoms with Crippen LogP contribution in [0.25, 0.3) is 0 Å². The summed E-state index contributed by atoms with van der Waals surface area (Å²) in [7, 11) is 0. The Morgan fingerprint density at radius 1 is 1.41 bits per heavy atom. The molecule has 5 nitrogen and oxygen atoms in total.